The van der Waals surface area contributed by atoms with E-state index in [0.29, 0.717) is 0 Å². The van der Waals surface area contributed by atoms with Crippen LogP contribution in [0.25, 0.3) is 10.9 Å². The number of benzene rings is 1. The quantitative estimate of drug-likeness (QED) is 0.705. The topological polar surface area (TPSA) is 4.93 Å². The second-order valence-electron chi connectivity index (χ2n) is 3.38. The van der Waals surface area contributed by atoms with Gasteiger partial charge in [-0.15, -0.1) is 0 Å². The number of hydrogen-bond donors (Lipinski definition) is 0. The average molecular weight is 208 g/mol. The summed E-state index contributed by atoms with van der Waals surface area (Å²) in [6.45, 7) is 5.20. The molecule has 0 aliphatic rings. The highest BCUT2D eigenvalue weighted by Crippen LogP contribution is 2.30. The van der Waals surface area contributed by atoms with E-state index in [2.05, 4.69) is 42.7 Å². The Morgan fingerprint density at radius 1 is 1.21 bits per heavy atom. The first-order valence-electron chi connectivity index (χ1n) is 5.05. The molecule has 0 fully saturated rings. The second kappa shape index (κ2) is 3.66. The molecule has 0 N–H and O–H groups in total. The molecule has 0 saturated heterocycles. The molecule has 0 radical (unpaired) electrons. The molecule has 0 atom stereocenters. The Balaban J connectivity index is 2.85. The van der Waals surface area contributed by atoms with Crippen LogP contribution in [0.4, 0.5) is 0 Å². The Bertz CT molecular complexity index is 416. The van der Waals surface area contributed by atoms with Crippen molar-refractivity contribution in [2.24, 2.45) is 0 Å². The van der Waals surface area contributed by atoms with Gasteiger partial charge in [0.25, 0.3) is 0 Å². The van der Waals surface area contributed by atoms with Crippen LogP contribution in [0.2, 0.25) is 5.15 Å². The zero-order chi connectivity index (χ0) is 10.1. The van der Waals surface area contributed by atoms with E-state index in [4.69, 9.17) is 11.6 Å². The van der Waals surface area contributed by atoms with Crippen molar-refractivity contribution in [2.75, 3.05) is 0 Å². The van der Waals surface area contributed by atoms with E-state index >= 15 is 0 Å². The molecule has 74 valence electrons. The first-order chi connectivity index (χ1) is 6.79. The summed E-state index contributed by atoms with van der Waals surface area (Å²) in [5.74, 6) is 0. The number of aromatic nitrogens is 1. The lowest BCUT2D eigenvalue weighted by Gasteiger charge is -2.01. The van der Waals surface area contributed by atoms with Crippen LogP contribution >= 0.6 is 11.6 Å². The predicted octanol–water partition coefficient (Wildman–Crippen LogP) is 3.88. The number of halogens is 1. The molecule has 2 heteroatoms. The molecule has 0 amide bonds. The Morgan fingerprint density at radius 2 is 1.93 bits per heavy atom. The van der Waals surface area contributed by atoms with Crippen LogP contribution in [0.15, 0.2) is 24.3 Å². The summed E-state index contributed by atoms with van der Waals surface area (Å²) in [7, 11) is 0. The van der Waals surface area contributed by atoms with Gasteiger partial charge < -0.3 is 4.57 Å². The molecule has 0 unspecified atom stereocenters. The van der Waals surface area contributed by atoms with Crippen LogP contribution in [-0.2, 0) is 13.0 Å². The SMILES string of the molecule is CCc1c(Cl)n(CC)c2ccccc12. The Hall–Kier alpha value is -0.950. The summed E-state index contributed by atoms with van der Waals surface area (Å²) in [6.07, 6.45) is 0.992. The third kappa shape index (κ3) is 1.24. The van der Waals surface area contributed by atoms with Crippen molar-refractivity contribution in [3.05, 3.63) is 35.0 Å². The largest absolute Gasteiger partial charge is 0.332 e. The van der Waals surface area contributed by atoms with Crippen LogP contribution in [-0.4, -0.2) is 4.57 Å². The zero-order valence-electron chi connectivity index (χ0n) is 8.55. The lowest BCUT2D eigenvalue weighted by atomic mass is 10.1. The number of para-hydroxylation sites is 1. The van der Waals surface area contributed by atoms with Gasteiger partial charge in [-0.25, -0.2) is 0 Å². The summed E-state index contributed by atoms with van der Waals surface area (Å²) >= 11 is 6.32. The first kappa shape index (κ1) is 9.60. The Kier molecular flexibility index (Phi) is 2.51. The molecule has 2 aromatic rings. The fourth-order valence-electron chi connectivity index (χ4n) is 1.99. The van der Waals surface area contributed by atoms with Crippen LogP contribution in [0, 0.1) is 0 Å². The second-order valence-corrected chi connectivity index (χ2v) is 3.74. The van der Waals surface area contributed by atoms with Gasteiger partial charge in [0.15, 0.2) is 0 Å². The third-order valence-electron chi connectivity index (χ3n) is 2.68. The maximum Gasteiger partial charge on any atom is 0.113 e. The minimum atomic E-state index is 0.899. The lowest BCUT2D eigenvalue weighted by Crippen LogP contribution is -1.93. The molecule has 14 heavy (non-hydrogen) atoms. The van der Waals surface area contributed by atoms with Gasteiger partial charge in [0, 0.05) is 17.4 Å². The molecule has 0 spiro atoms. The van der Waals surface area contributed by atoms with Crippen molar-refractivity contribution in [3.8, 4) is 0 Å². The number of nitrogens with zero attached hydrogens (tertiary/aromatic N) is 1. The van der Waals surface area contributed by atoms with Crippen molar-refractivity contribution in [1.82, 2.24) is 4.57 Å². The molecule has 1 aromatic heterocycles. The van der Waals surface area contributed by atoms with E-state index < -0.39 is 0 Å². The summed E-state index contributed by atoms with van der Waals surface area (Å²) in [5.41, 5.74) is 2.51. The van der Waals surface area contributed by atoms with Gasteiger partial charge in [-0.3, -0.25) is 0 Å². The van der Waals surface area contributed by atoms with Crippen molar-refractivity contribution in [3.63, 3.8) is 0 Å². The van der Waals surface area contributed by atoms with Crippen molar-refractivity contribution >= 4 is 22.5 Å². The Labute approximate surface area is 89.3 Å². The van der Waals surface area contributed by atoms with Gasteiger partial charge in [0.2, 0.25) is 0 Å². The fourth-order valence-corrected chi connectivity index (χ4v) is 2.44. The van der Waals surface area contributed by atoms with Gasteiger partial charge in [0.1, 0.15) is 5.15 Å². The van der Waals surface area contributed by atoms with Gasteiger partial charge in [-0.1, -0.05) is 36.7 Å². The molecule has 0 bridgehead atoms. The number of aryl methyl sites for hydroxylation is 2. The first-order valence-corrected chi connectivity index (χ1v) is 5.43. The standard InChI is InChI=1S/C12H14ClN/c1-3-9-10-7-5-6-8-11(10)14(4-2)12(9)13/h5-8H,3-4H2,1-2H3. The predicted molar refractivity (Wildman–Crippen MR) is 62.0 cm³/mol. The molecule has 1 aromatic carbocycles. The summed E-state index contributed by atoms with van der Waals surface area (Å²) in [6, 6.07) is 8.40. The van der Waals surface area contributed by atoms with Gasteiger partial charge >= 0.3 is 0 Å². The summed E-state index contributed by atoms with van der Waals surface area (Å²) in [4.78, 5) is 0. The smallest absolute Gasteiger partial charge is 0.113 e. The minimum absolute atomic E-state index is 0.899. The van der Waals surface area contributed by atoms with E-state index in [1.54, 1.807) is 0 Å². The zero-order valence-corrected chi connectivity index (χ0v) is 9.30. The van der Waals surface area contributed by atoms with E-state index in [-0.39, 0.29) is 0 Å². The minimum Gasteiger partial charge on any atom is -0.332 e. The highest BCUT2D eigenvalue weighted by Gasteiger charge is 2.11. The van der Waals surface area contributed by atoms with E-state index in [0.717, 1.165) is 18.1 Å². The van der Waals surface area contributed by atoms with Crippen molar-refractivity contribution < 1.29 is 0 Å². The van der Waals surface area contributed by atoms with Gasteiger partial charge in [0.05, 0.1) is 0 Å². The number of hydrogen-bond acceptors (Lipinski definition) is 0. The number of rotatable bonds is 2. The molecule has 0 saturated carbocycles. The van der Waals surface area contributed by atoms with Crippen LogP contribution in [0.5, 0.6) is 0 Å². The van der Waals surface area contributed by atoms with Crippen LogP contribution in [0.1, 0.15) is 19.4 Å². The van der Waals surface area contributed by atoms with Crippen LogP contribution in [0.3, 0.4) is 0 Å². The maximum absolute atomic E-state index is 6.32. The highest BCUT2D eigenvalue weighted by molar-refractivity contribution is 6.32. The average Bonchev–Trinajstić information content (AvgIpc) is 2.49. The molecule has 0 aliphatic carbocycles. The van der Waals surface area contributed by atoms with Crippen LogP contribution < -0.4 is 0 Å². The monoisotopic (exact) mass is 207 g/mol. The molecule has 2 rings (SSSR count). The molecule has 0 aliphatic heterocycles. The molecule has 1 heterocycles. The van der Waals surface area contributed by atoms with Crippen molar-refractivity contribution in [2.45, 2.75) is 26.8 Å². The number of fused-ring (bicyclic) bond motifs is 1. The Morgan fingerprint density at radius 3 is 2.57 bits per heavy atom. The summed E-state index contributed by atoms with van der Waals surface area (Å²) < 4.78 is 2.16. The fraction of sp³-hybridized carbons (Fsp3) is 0.333. The van der Waals surface area contributed by atoms with E-state index in [1.807, 2.05) is 0 Å². The molecular formula is C12H14ClN. The van der Waals surface area contributed by atoms with Crippen molar-refractivity contribution in [1.29, 1.82) is 0 Å². The van der Waals surface area contributed by atoms with Gasteiger partial charge in [-0.2, -0.15) is 0 Å². The summed E-state index contributed by atoms with van der Waals surface area (Å²) in [5, 5.41) is 2.19. The van der Waals surface area contributed by atoms with Gasteiger partial charge in [-0.05, 0) is 25.0 Å². The normalized spacial score (nSPS) is 11.1. The molecular weight excluding hydrogens is 194 g/mol. The highest BCUT2D eigenvalue weighted by atomic mass is 35.5. The lowest BCUT2D eigenvalue weighted by molar-refractivity contribution is 0.794. The third-order valence-corrected chi connectivity index (χ3v) is 3.11. The van der Waals surface area contributed by atoms with E-state index in [9.17, 15) is 0 Å². The molecule has 1 nitrogen and oxygen atoms in total. The van der Waals surface area contributed by atoms with E-state index in [1.165, 1.54) is 16.5 Å². The maximum atomic E-state index is 6.32.